The molecule has 0 saturated heterocycles. The van der Waals surface area contributed by atoms with Gasteiger partial charge in [-0.1, -0.05) is 30.3 Å². The van der Waals surface area contributed by atoms with E-state index < -0.39 is 11.7 Å². The fraction of sp³-hybridized carbons (Fsp3) is 0.136. The Balaban J connectivity index is 1.90. The first-order valence-electron chi connectivity index (χ1n) is 8.80. The van der Waals surface area contributed by atoms with Gasteiger partial charge in [0.15, 0.2) is 0 Å². The van der Waals surface area contributed by atoms with Gasteiger partial charge in [-0.25, -0.2) is 4.98 Å². The highest BCUT2D eigenvalue weighted by Crippen LogP contribution is 2.47. The number of alkyl halides is 3. The number of pyridine rings is 1. The molecule has 3 nitrogen and oxygen atoms in total. The third-order valence-electron chi connectivity index (χ3n) is 4.60. The minimum absolute atomic E-state index is 0.304. The molecule has 4 rings (SSSR count). The van der Waals surface area contributed by atoms with Gasteiger partial charge in [0.1, 0.15) is 6.61 Å². The first kappa shape index (κ1) is 18.3. The maximum atomic E-state index is 13.3. The van der Waals surface area contributed by atoms with Crippen molar-refractivity contribution < 1.29 is 17.9 Å². The van der Waals surface area contributed by atoms with E-state index in [9.17, 15) is 13.2 Å². The summed E-state index contributed by atoms with van der Waals surface area (Å²) in [6.07, 6.45) is -0.978. The molecule has 0 fully saturated rings. The van der Waals surface area contributed by atoms with Gasteiger partial charge in [-0.3, -0.25) is 0 Å². The lowest BCUT2D eigenvalue weighted by atomic mass is 9.99. The Morgan fingerprint density at radius 2 is 1.68 bits per heavy atom. The predicted molar refractivity (Wildman–Crippen MR) is 103 cm³/mol. The highest BCUT2D eigenvalue weighted by atomic mass is 19.4. The number of hydrogen-bond donors (Lipinski definition) is 1. The van der Waals surface area contributed by atoms with E-state index in [-0.39, 0.29) is 0 Å². The third kappa shape index (κ3) is 3.27. The van der Waals surface area contributed by atoms with E-state index >= 15 is 0 Å². The Kier molecular flexibility index (Phi) is 4.65. The van der Waals surface area contributed by atoms with E-state index in [0.717, 1.165) is 22.8 Å². The molecule has 1 aromatic heterocycles. The van der Waals surface area contributed by atoms with Crippen LogP contribution in [0.3, 0.4) is 0 Å². The summed E-state index contributed by atoms with van der Waals surface area (Å²) in [5, 5.41) is 0. The second kappa shape index (κ2) is 7.13. The lowest BCUT2D eigenvalue weighted by molar-refractivity contribution is -0.137. The molecule has 0 unspecified atom stereocenters. The fourth-order valence-electron chi connectivity index (χ4n) is 3.38. The van der Waals surface area contributed by atoms with Crippen molar-refractivity contribution in [2.24, 2.45) is 5.73 Å². The molecule has 2 aromatic carbocycles. The van der Waals surface area contributed by atoms with Crippen LogP contribution >= 0.6 is 0 Å². The van der Waals surface area contributed by atoms with Crippen molar-refractivity contribution >= 4 is 11.6 Å². The molecule has 28 heavy (non-hydrogen) atoms. The molecule has 0 atom stereocenters. The largest absolute Gasteiger partial charge is 0.476 e. The number of nitrogens with zero attached hydrogens (tertiary/aromatic N) is 1. The molecule has 0 spiro atoms. The van der Waals surface area contributed by atoms with Gasteiger partial charge in [-0.05, 0) is 58.2 Å². The van der Waals surface area contributed by atoms with Crippen molar-refractivity contribution in [2.45, 2.75) is 6.18 Å². The Bertz CT molecular complexity index is 1060. The smallest absolute Gasteiger partial charge is 0.416 e. The van der Waals surface area contributed by atoms with Crippen LogP contribution in [0.1, 0.15) is 22.3 Å². The lowest BCUT2D eigenvalue weighted by Gasteiger charge is -2.11. The van der Waals surface area contributed by atoms with Crippen LogP contribution in [0.15, 0.2) is 60.8 Å². The number of rotatable bonds is 4. The summed E-state index contributed by atoms with van der Waals surface area (Å²) in [5.41, 5.74) is 9.34. The van der Waals surface area contributed by atoms with Crippen LogP contribution in [0.5, 0.6) is 5.88 Å². The summed E-state index contributed by atoms with van der Waals surface area (Å²) in [4.78, 5) is 4.22. The molecule has 6 heteroatoms. The topological polar surface area (TPSA) is 48.1 Å². The Morgan fingerprint density at radius 3 is 2.43 bits per heavy atom. The molecule has 0 aliphatic heterocycles. The van der Waals surface area contributed by atoms with Gasteiger partial charge in [-0.15, -0.1) is 0 Å². The fourth-order valence-corrected chi connectivity index (χ4v) is 3.38. The van der Waals surface area contributed by atoms with Crippen molar-refractivity contribution in [1.82, 2.24) is 4.98 Å². The zero-order chi connectivity index (χ0) is 19.7. The van der Waals surface area contributed by atoms with Gasteiger partial charge in [0.25, 0.3) is 0 Å². The van der Waals surface area contributed by atoms with Crippen LogP contribution in [0.2, 0.25) is 0 Å². The van der Waals surface area contributed by atoms with E-state index in [2.05, 4.69) is 4.98 Å². The molecule has 142 valence electrons. The van der Waals surface area contributed by atoms with Crippen LogP contribution in [0, 0.1) is 0 Å². The highest BCUT2D eigenvalue weighted by Gasteiger charge is 2.33. The maximum Gasteiger partial charge on any atom is 0.416 e. The first-order valence-corrected chi connectivity index (χ1v) is 8.80. The number of hydrogen-bond acceptors (Lipinski definition) is 3. The summed E-state index contributed by atoms with van der Waals surface area (Å²) < 4.78 is 45.4. The van der Waals surface area contributed by atoms with Crippen molar-refractivity contribution in [3.05, 3.63) is 83.0 Å². The van der Waals surface area contributed by atoms with E-state index in [1.807, 2.05) is 36.4 Å². The molecule has 0 radical (unpaired) electrons. The molecule has 0 amide bonds. The van der Waals surface area contributed by atoms with Gasteiger partial charge in [0.2, 0.25) is 5.88 Å². The second-order valence-corrected chi connectivity index (χ2v) is 6.40. The maximum absolute atomic E-state index is 13.3. The highest BCUT2D eigenvalue weighted by molar-refractivity contribution is 6.06. The summed E-state index contributed by atoms with van der Waals surface area (Å²) >= 11 is 0. The molecule has 3 aromatic rings. The molecular formula is C22H17F3N2O. The van der Waals surface area contributed by atoms with E-state index in [1.165, 1.54) is 12.1 Å². The summed E-state index contributed by atoms with van der Waals surface area (Å²) in [6.45, 7) is 0.645. The van der Waals surface area contributed by atoms with Gasteiger partial charge in [0, 0.05) is 18.3 Å². The number of benzene rings is 2. The summed E-state index contributed by atoms with van der Waals surface area (Å²) in [7, 11) is 0. The average Bonchev–Trinajstić information content (AvgIpc) is 3.00. The van der Waals surface area contributed by atoms with Gasteiger partial charge in [-0.2, -0.15) is 13.2 Å². The molecular weight excluding hydrogens is 365 g/mol. The van der Waals surface area contributed by atoms with Crippen molar-refractivity contribution in [3.63, 3.8) is 0 Å². The van der Waals surface area contributed by atoms with Gasteiger partial charge < -0.3 is 10.5 Å². The number of nitrogens with two attached hydrogens (primary N) is 1. The van der Waals surface area contributed by atoms with Gasteiger partial charge >= 0.3 is 6.18 Å². The molecule has 0 saturated carbocycles. The van der Waals surface area contributed by atoms with E-state index in [1.54, 1.807) is 12.3 Å². The zero-order valence-corrected chi connectivity index (χ0v) is 14.8. The Morgan fingerprint density at radius 1 is 0.929 bits per heavy atom. The third-order valence-corrected chi connectivity index (χ3v) is 4.60. The SMILES string of the molecule is NCCOc1ncccc1C=C1c2ccccc2-c2ccc(C(F)(F)F)cc21. The normalized spacial score (nSPS) is 14.1. The standard InChI is InChI=1S/C22H17F3N2O/c23-22(24,25)15-7-8-18-16-5-1-2-6-17(16)19(20(18)13-15)12-14-4-3-10-27-21(14)28-11-9-26/h1-8,10,12-13H,9,11,26H2. The number of halogens is 3. The van der Waals surface area contributed by atoms with Crippen molar-refractivity contribution in [3.8, 4) is 17.0 Å². The molecule has 0 bridgehead atoms. The summed E-state index contributed by atoms with van der Waals surface area (Å²) in [5.74, 6) is 0.401. The number of fused-ring (bicyclic) bond motifs is 3. The van der Waals surface area contributed by atoms with E-state index in [4.69, 9.17) is 10.5 Å². The quantitative estimate of drug-likeness (QED) is 0.540. The van der Waals surface area contributed by atoms with Crippen LogP contribution in [-0.4, -0.2) is 18.1 Å². The van der Waals surface area contributed by atoms with Crippen LogP contribution < -0.4 is 10.5 Å². The number of ether oxygens (including phenoxy) is 1. The zero-order valence-electron chi connectivity index (χ0n) is 14.8. The second-order valence-electron chi connectivity index (χ2n) is 6.40. The Hall–Kier alpha value is -3.12. The van der Waals surface area contributed by atoms with Crippen molar-refractivity contribution in [1.29, 1.82) is 0 Å². The van der Waals surface area contributed by atoms with E-state index in [0.29, 0.717) is 35.7 Å². The molecule has 2 N–H and O–H groups in total. The molecule has 1 aliphatic rings. The summed E-state index contributed by atoms with van der Waals surface area (Å²) in [6, 6.07) is 15.0. The average molecular weight is 382 g/mol. The Labute approximate surface area is 160 Å². The lowest BCUT2D eigenvalue weighted by Crippen LogP contribution is -2.11. The van der Waals surface area contributed by atoms with Crippen molar-refractivity contribution in [2.75, 3.05) is 13.2 Å². The minimum Gasteiger partial charge on any atom is -0.476 e. The van der Waals surface area contributed by atoms with Crippen LogP contribution in [0.25, 0.3) is 22.8 Å². The van der Waals surface area contributed by atoms with Crippen LogP contribution in [-0.2, 0) is 6.18 Å². The molecule has 1 heterocycles. The first-order chi connectivity index (χ1) is 13.5. The number of aromatic nitrogens is 1. The minimum atomic E-state index is -4.40. The van der Waals surface area contributed by atoms with Crippen LogP contribution in [0.4, 0.5) is 13.2 Å². The molecule has 1 aliphatic carbocycles. The monoisotopic (exact) mass is 382 g/mol. The van der Waals surface area contributed by atoms with Gasteiger partial charge in [0.05, 0.1) is 5.56 Å². The predicted octanol–water partition coefficient (Wildman–Crippen LogP) is 5.01.